The van der Waals surface area contributed by atoms with Gasteiger partial charge in [0.2, 0.25) is 0 Å². The van der Waals surface area contributed by atoms with Crippen LogP contribution in [-0.2, 0) is 0 Å². The fourth-order valence-electron chi connectivity index (χ4n) is 1.86. The van der Waals surface area contributed by atoms with Crippen molar-refractivity contribution < 1.29 is 4.79 Å². The zero-order valence-electron chi connectivity index (χ0n) is 12.8. The Morgan fingerprint density at radius 3 is 2.52 bits per heavy atom. The fraction of sp³-hybridized carbons (Fsp3) is 0. The van der Waals surface area contributed by atoms with Crippen molar-refractivity contribution in [2.45, 2.75) is 0 Å². The number of nitrogens with zero attached hydrogens (tertiary/aromatic N) is 4. The molecule has 0 bridgehead atoms. The summed E-state index contributed by atoms with van der Waals surface area (Å²) < 4.78 is 0. The number of halogens is 1. The Bertz CT molecular complexity index is 872. The van der Waals surface area contributed by atoms with Gasteiger partial charge in [0.1, 0.15) is 17.8 Å². The molecule has 0 saturated heterocycles. The Kier molecular flexibility index (Phi) is 4.86. The number of pyridine rings is 2. The second-order valence-electron chi connectivity index (χ2n) is 4.79. The van der Waals surface area contributed by atoms with Gasteiger partial charge in [0.05, 0.1) is 5.02 Å². The summed E-state index contributed by atoms with van der Waals surface area (Å²) in [5.41, 5.74) is 11.9. The van der Waals surface area contributed by atoms with Crippen LogP contribution in [0.5, 0.6) is 0 Å². The van der Waals surface area contributed by atoms with E-state index in [-0.39, 0.29) is 17.4 Å². The summed E-state index contributed by atoms with van der Waals surface area (Å²) in [6.45, 7) is 0. The molecule has 0 aliphatic carbocycles. The number of amides is 1. The lowest BCUT2D eigenvalue weighted by atomic mass is 10.3. The van der Waals surface area contributed by atoms with E-state index in [2.05, 4.69) is 36.1 Å². The van der Waals surface area contributed by atoms with Crippen LogP contribution >= 0.6 is 11.6 Å². The van der Waals surface area contributed by atoms with Gasteiger partial charge in [-0.2, -0.15) is 0 Å². The minimum atomic E-state index is -0.353. The first-order chi connectivity index (χ1) is 12.1. The Labute approximate surface area is 147 Å². The normalized spacial score (nSPS) is 10.1. The topological polar surface area (TPSA) is 131 Å². The quantitative estimate of drug-likeness (QED) is 0.510. The maximum absolute atomic E-state index is 12.0. The molecule has 3 rings (SSSR count). The average molecular weight is 357 g/mol. The number of anilines is 4. The molecule has 25 heavy (non-hydrogen) atoms. The maximum atomic E-state index is 12.0. The standard InChI is InChI=1S/C15H13ClN8O/c16-10-1-2-11(19-7-10)22-13-12(17)14(21-8-20-13)23-24-15(25)9-3-5-18-6-4-9/h1-8H,17H2,(H,24,25)(H2,19,20,21,22,23). The summed E-state index contributed by atoms with van der Waals surface area (Å²) in [6, 6.07) is 6.53. The molecule has 3 aromatic rings. The Morgan fingerprint density at radius 1 is 1.04 bits per heavy atom. The molecule has 0 fully saturated rings. The molecule has 126 valence electrons. The number of aromatic nitrogens is 4. The van der Waals surface area contributed by atoms with Crippen molar-refractivity contribution in [2.75, 3.05) is 16.5 Å². The lowest BCUT2D eigenvalue weighted by molar-refractivity contribution is 0.0962. The molecule has 10 heteroatoms. The summed E-state index contributed by atoms with van der Waals surface area (Å²) in [6.07, 6.45) is 5.84. The Morgan fingerprint density at radius 2 is 1.80 bits per heavy atom. The van der Waals surface area contributed by atoms with Gasteiger partial charge in [-0.3, -0.25) is 20.6 Å². The number of hydrazine groups is 1. The zero-order valence-corrected chi connectivity index (χ0v) is 13.5. The fourth-order valence-corrected chi connectivity index (χ4v) is 1.97. The van der Waals surface area contributed by atoms with E-state index >= 15 is 0 Å². The molecule has 0 unspecified atom stereocenters. The summed E-state index contributed by atoms with van der Waals surface area (Å²) in [7, 11) is 0. The molecule has 9 nitrogen and oxygen atoms in total. The Hall–Kier alpha value is -3.46. The van der Waals surface area contributed by atoms with Crippen molar-refractivity contribution in [1.29, 1.82) is 0 Å². The van der Waals surface area contributed by atoms with Crippen LogP contribution < -0.4 is 21.9 Å². The summed E-state index contributed by atoms with van der Waals surface area (Å²) in [5, 5.41) is 3.47. The number of carbonyl (C=O) groups is 1. The molecule has 0 aromatic carbocycles. The number of nitrogens with two attached hydrogens (primary N) is 1. The SMILES string of the molecule is Nc1c(NNC(=O)c2ccncc2)ncnc1Nc1ccc(Cl)cn1. The number of hydrogen-bond donors (Lipinski definition) is 4. The Balaban J connectivity index is 1.70. The minimum absolute atomic E-state index is 0.217. The highest BCUT2D eigenvalue weighted by atomic mass is 35.5. The van der Waals surface area contributed by atoms with Crippen LogP contribution in [0, 0.1) is 0 Å². The van der Waals surface area contributed by atoms with E-state index in [0.717, 1.165) is 0 Å². The second-order valence-corrected chi connectivity index (χ2v) is 5.22. The first-order valence-corrected chi connectivity index (χ1v) is 7.46. The first kappa shape index (κ1) is 16.4. The first-order valence-electron chi connectivity index (χ1n) is 7.09. The molecule has 0 saturated carbocycles. The largest absolute Gasteiger partial charge is 0.393 e. The van der Waals surface area contributed by atoms with Crippen LogP contribution in [0.25, 0.3) is 0 Å². The van der Waals surface area contributed by atoms with E-state index in [1.165, 1.54) is 24.9 Å². The van der Waals surface area contributed by atoms with Gasteiger partial charge >= 0.3 is 0 Å². The van der Waals surface area contributed by atoms with E-state index in [1.807, 2.05) is 0 Å². The predicted octanol–water partition coefficient (Wildman–Crippen LogP) is 2.00. The minimum Gasteiger partial charge on any atom is -0.393 e. The van der Waals surface area contributed by atoms with Crippen molar-refractivity contribution in [3.63, 3.8) is 0 Å². The van der Waals surface area contributed by atoms with E-state index in [0.29, 0.717) is 22.2 Å². The predicted molar refractivity (Wildman–Crippen MR) is 94.3 cm³/mol. The third kappa shape index (κ3) is 4.09. The molecule has 0 aliphatic heterocycles. The van der Waals surface area contributed by atoms with Crippen LogP contribution in [0.4, 0.5) is 23.1 Å². The van der Waals surface area contributed by atoms with Crippen LogP contribution in [0.1, 0.15) is 10.4 Å². The van der Waals surface area contributed by atoms with Crippen LogP contribution in [0.15, 0.2) is 49.2 Å². The van der Waals surface area contributed by atoms with Crippen LogP contribution in [-0.4, -0.2) is 25.8 Å². The van der Waals surface area contributed by atoms with Crippen molar-refractivity contribution in [3.8, 4) is 0 Å². The highest BCUT2D eigenvalue weighted by Gasteiger charge is 2.10. The van der Waals surface area contributed by atoms with Gasteiger partial charge in [-0.15, -0.1) is 0 Å². The van der Waals surface area contributed by atoms with Gasteiger partial charge in [0.25, 0.3) is 5.91 Å². The number of hydrogen-bond acceptors (Lipinski definition) is 8. The zero-order chi connectivity index (χ0) is 17.6. The van der Waals surface area contributed by atoms with Crippen molar-refractivity contribution in [3.05, 3.63) is 59.8 Å². The molecule has 3 heterocycles. The molecular formula is C15H13ClN8O. The van der Waals surface area contributed by atoms with Gasteiger partial charge in [-0.1, -0.05) is 11.6 Å². The van der Waals surface area contributed by atoms with E-state index in [1.54, 1.807) is 24.3 Å². The molecular weight excluding hydrogens is 344 g/mol. The summed E-state index contributed by atoms with van der Waals surface area (Å²) >= 11 is 5.80. The average Bonchev–Trinajstić information content (AvgIpc) is 2.64. The third-order valence-corrected chi connectivity index (χ3v) is 3.32. The monoisotopic (exact) mass is 356 g/mol. The van der Waals surface area contributed by atoms with Crippen molar-refractivity contribution in [1.82, 2.24) is 25.4 Å². The van der Waals surface area contributed by atoms with Crippen molar-refractivity contribution in [2.24, 2.45) is 0 Å². The number of nitrogen functional groups attached to an aromatic ring is 1. The molecule has 0 aliphatic rings. The molecule has 1 amide bonds. The highest BCUT2D eigenvalue weighted by molar-refractivity contribution is 6.30. The van der Waals surface area contributed by atoms with Crippen LogP contribution in [0.3, 0.4) is 0 Å². The maximum Gasteiger partial charge on any atom is 0.269 e. The van der Waals surface area contributed by atoms with Gasteiger partial charge in [-0.05, 0) is 24.3 Å². The van der Waals surface area contributed by atoms with Gasteiger partial charge in [0, 0.05) is 24.2 Å². The highest BCUT2D eigenvalue weighted by Crippen LogP contribution is 2.24. The summed E-state index contributed by atoms with van der Waals surface area (Å²) in [5.74, 6) is 0.746. The number of nitrogens with one attached hydrogen (secondary N) is 3. The van der Waals surface area contributed by atoms with E-state index < -0.39 is 0 Å². The van der Waals surface area contributed by atoms with Gasteiger partial charge < -0.3 is 11.1 Å². The third-order valence-electron chi connectivity index (χ3n) is 3.09. The molecule has 0 spiro atoms. The number of rotatable bonds is 5. The lowest BCUT2D eigenvalue weighted by Crippen LogP contribution is -2.30. The molecule has 0 radical (unpaired) electrons. The molecule has 3 aromatic heterocycles. The lowest BCUT2D eigenvalue weighted by Gasteiger charge is -2.12. The molecule has 0 atom stereocenters. The van der Waals surface area contributed by atoms with Crippen LogP contribution in [0.2, 0.25) is 5.02 Å². The number of carbonyl (C=O) groups excluding carboxylic acids is 1. The van der Waals surface area contributed by atoms with Gasteiger partial charge in [0.15, 0.2) is 11.6 Å². The smallest absolute Gasteiger partial charge is 0.269 e. The van der Waals surface area contributed by atoms with Crippen molar-refractivity contribution >= 4 is 40.6 Å². The van der Waals surface area contributed by atoms with Gasteiger partial charge in [-0.25, -0.2) is 15.0 Å². The van der Waals surface area contributed by atoms with E-state index in [4.69, 9.17) is 17.3 Å². The second kappa shape index (κ2) is 7.41. The summed E-state index contributed by atoms with van der Waals surface area (Å²) in [4.78, 5) is 28.0. The van der Waals surface area contributed by atoms with E-state index in [9.17, 15) is 4.79 Å². The molecule has 5 N–H and O–H groups in total.